The van der Waals surface area contributed by atoms with Gasteiger partial charge in [0.25, 0.3) is 0 Å². The Labute approximate surface area is 111 Å². The minimum absolute atomic E-state index is 0.0209. The number of fused-ring (bicyclic) bond motifs is 1. The van der Waals surface area contributed by atoms with Gasteiger partial charge in [0.15, 0.2) is 0 Å². The molecule has 4 heteroatoms. The van der Waals surface area contributed by atoms with Crippen LogP contribution >= 0.6 is 0 Å². The number of hydrogen-bond acceptors (Lipinski definition) is 3. The van der Waals surface area contributed by atoms with Crippen LogP contribution in [-0.2, 0) is 20.9 Å². The van der Waals surface area contributed by atoms with Crippen LogP contribution in [0.15, 0.2) is 42.1 Å². The van der Waals surface area contributed by atoms with Gasteiger partial charge in [-0.15, -0.1) is 0 Å². The number of hydrogen-bond donors (Lipinski definition) is 0. The van der Waals surface area contributed by atoms with E-state index in [0.29, 0.717) is 12.1 Å². The van der Waals surface area contributed by atoms with Gasteiger partial charge in [-0.1, -0.05) is 36.4 Å². The molecule has 2 heterocycles. The average molecular weight is 257 g/mol. The maximum atomic E-state index is 12.0. The summed E-state index contributed by atoms with van der Waals surface area (Å²) in [5.74, 6) is -0.380. The van der Waals surface area contributed by atoms with E-state index in [9.17, 15) is 9.59 Å². The Kier molecular flexibility index (Phi) is 3.07. The third kappa shape index (κ3) is 2.26. The quantitative estimate of drug-likeness (QED) is 0.614. The van der Waals surface area contributed by atoms with Gasteiger partial charge in [-0.05, 0) is 18.4 Å². The molecule has 0 bridgehead atoms. The number of nitrogens with zero attached hydrogens (tertiary/aromatic N) is 1. The number of carbonyl (C=O) groups excluding carboxylic acids is 2. The molecule has 3 rings (SSSR count). The van der Waals surface area contributed by atoms with Crippen molar-refractivity contribution in [3.05, 3.63) is 47.7 Å². The molecule has 2 aliphatic rings. The SMILES string of the molecule is O=C(OCc1ccccc1)C1=CCC[C@@H]2CC(=O)N12. The molecule has 1 amide bonds. The first-order valence-electron chi connectivity index (χ1n) is 6.49. The molecule has 0 N–H and O–H groups in total. The second-order valence-electron chi connectivity index (χ2n) is 4.85. The first-order valence-corrected chi connectivity index (χ1v) is 6.49. The zero-order chi connectivity index (χ0) is 13.2. The molecule has 1 atom stereocenters. The summed E-state index contributed by atoms with van der Waals surface area (Å²) in [4.78, 5) is 25.1. The lowest BCUT2D eigenvalue weighted by Gasteiger charge is -2.43. The van der Waals surface area contributed by atoms with Gasteiger partial charge in [-0.3, -0.25) is 4.79 Å². The van der Waals surface area contributed by atoms with Gasteiger partial charge in [0.1, 0.15) is 12.3 Å². The molecule has 0 aliphatic carbocycles. The van der Waals surface area contributed by atoms with Crippen molar-refractivity contribution in [2.45, 2.75) is 31.9 Å². The van der Waals surface area contributed by atoms with Crippen molar-refractivity contribution in [2.24, 2.45) is 0 Å². The molecule has 1 aromatic carbocycles. The van der Waals surface area contributed by atoms with Gasteiger partial charge in [0.05, 0.1) is 0 Å². The van der Waals surface area contributed by atoms with Crippen molar-refractivity contribution in [1.29, 1.82) is 0 Å². The summed E-state index contributed by atoms with van der Waals surface area (Å²) in [6.07, 6.45) is 4.15. The number of allylic oxidation sites excluding steroid dienone is 1. The zero-order valence-electron chi connectivity index (χ0n) is 10.5. The molecule has 1 saturated heterocycles. The number of esters is 1. The summed E-state index contributed by atoms with van der Waals surface area (Å²) >= 11 is 0. The molecule has 98 valence electrons. The van der Waals surface area contributed by atoms with Crippen LogP contribution < -0.4 is 0 Å². The molecule has 0 radical (unpaired) electrons. The smallest absolute Gasteiger partial charge is 0.355 e. The Bertz CT molecular complexity index is 536. The topological polar surface area (TPSA) is 46.6 Å². The highest BCUT2D eigenvalue weighted by Crippen LogP contribution is 2.33. The number of ether oxygens (including phenoxy) is 1. The van der Waals surface area contributed by atoms with Gasteiger partial charge in [-0.2, -0.15) is 0 Å². The van der Waals surface area contributed by atoms with Crippen LogP contribution in [0.4, 0.5) is 0 Å². The lowest BCUT2D eigenvalue weighted by Crippen LogP contribution is -2.54. The van der Waals surface area contributed by atoms with Crippen LogP contribution in [0.5, 0.6) is 0 Å². The van der Waals surface area contributed by atoms with Crippen LogP contribution in [-0.4, -0.2) is 22.8 Å². The Morgan fingerprint density at radius 3 is 2.84 bits per heavy atom. The van der Waals surface area contributed by atoms with E-state index < -0.39 is 5.97 Å². The van der Waals surface area contributed by atoms with E-state index in [1.54, 1.807) is 11.0 Å². The van der Waals surface area contributed by atoms with Crippen LogP contribution in [0.25, 0.3) is 0 Å². The van der Waals surface area contributed by atoms with Crippen molar-refractivity contribution in [3.8, 4) is 0 Å². The van der Waals surface area contributed by atoms with Crippen LogP contribution in [0.3, 0.4) is 0 Å². The van der Waals surface area contributed by atoms with Gasteiger partial charge in [0, 0.05) is 12.5 Å². The van der Waals surface area contributed by atoms with E-state index in [2.05, 4.69) is 0 Å². The Hall–Kier alpha value is -2.10. The molecular weight excluding hydrogens is 242 g/mol. The van der Waals surface area contributed by atoms with E-state index in [1.165, 1.54) is 0 Å². The van der Waals surface area contributed by atoms with Crippen LogP contribution in [0, 0.1) is 0 Å². The van der Waals surface area contributed by atoms with E-state index >= 15 is 0 Å². The third-order valence-electron chi connectivity index (χ3n) is 3.56. The van der Waals surface area contributed by atoms with E-state index in [-0.39, 0.29) is 18.6 Å². The third-order valence-corrected chi connectivity index (χ3v) is 3.56. The van der Waals surface area contributed by atoms with E-state index in [0.717, 1.165) is 18.4 Å². The van der Waals surface area contributed by atoms with Crippen LogP contribution in [0.2, 0.25) is 0 Å². The summed E-state index contributed by atoms with van der Waals surface area (Å²) in [5, 5.41) is 0. The minimum atomic E-state index is -0.401. The van der Waals surface area contributed by atoms with Crippen molar-refractivity contribution < 1.29 is 14.3 Å². The summed E-state index contributed by atoms with van der Waals surface area (Å²) in [6, 6.07) is 9.73. The molecule has 0 saturated carbocycles. The fourth-order valence-electron chi connectivity index (χ4n) is 2.53. The summed E-state index contributed by atoms with van der Waals surface area (Å²) in [5.41, 5.74) is 1.36. The summed E-state index contributed by atoms with van der Waals surface area (Å²) in [6.45, 7) is 0.240. The molecule has 4 nitrogen and oxygen atoms in total. The van der Waals surface area contributed by atoms with Crippen molar-refractivity contribution in [1.82, 2.24) is 4.90 Å². The normalized spacial score (nSPS) is 21.3. The highest BCUT2D eigenvalue weighted by atomic mass is 16.5. The van der Waals surface area contributed by atoms with Gasteiger partial charge >= 0.3 is 5.97 Å². The molecule has 1 fully saturated rings. The summed E-state index contributed by atoms with van der Waals surface area (Å²) in [7, 11) is 0. The number of benzene rings is 1. The van der Waals surface area contributed by atoms with Crippen molar-refractivity contribution in [3.63, 3.8) is 0 Å². The second kappa shape index (κ2) is 4.88. The number of amides is 1. The minimum Gasteiger partial charge on any atom is -0.456 e. The van der Waals surface area contributed by atoms with Crippen LogP contribution in [0.1, 0.15) is 24.8 Å². The maximum Gasteiger partial charge on any atom is 0.355 e. The fourth-order valence-corrected chi connectivity index (χ4v) is 2.53. The first kappa shape index (κ1) is 12.0. The van der Waals surface area contributed by atoms with Crippen molar-refractivity contribution in [2.75, 3.05) is 0 Å². The largest absolute Gasteiger partial charge is 0.456 e. The Morgan fingerprint density at radius 2 is 2.11 bits per heavy atom. The lowest BCUT2D eigenvalue weighted by molar-refractivity contribution is -0.153. The lowest BCUT2D eigenvalue weighted by atomic mass is 9.92. The standard InChI is InChI=1S/C15H15NO3/c17-14-9-12-7-4-8-13(16(12)14)15(18)19-10-11-5-2-1-3-6-11/h1-3,5-6,8,12H,4,7,9-10H2/t12-/m1/s1. The molecule has 0 aromatic heterocycles. The monoisotopic (exact) mass is 257 g/mol. The molecule has 2 aliphatic heterocycles. The Balaban J connectivity index is 1.64. The van der Waals surface area contributed by atoms with E-state index in [1.807, 2.05) is 30.3 Å². The predicted octanol–water partition coefficient (Wildman–Crippen LogP) is 2.01. The van der Waals surface area contributed by atoms with Crippen molar-refractivity contribution >= 4 is 11.9 Å². The van der Waals surface area contributed by atoms with Gasteiger partial charge in [-0.25, -0.2) is 4.79 Å². The molecule has 0 unspecified atom stereocenters. The molecule has 0 spiro atoms. The predicted molar refractivity (Wildman–Crippen MR) is 68.8 cm³/mol. The maximum absolute atomic E-state index is 12.0. The zero-order valence-corrected chi connectivity index (χ0v) is 10.5. The Morgan fingerprint density at radius 1 is 1.32 bits per heavy atom. The number of rotatable bonds is 3. The fraction of sp³-hybridized carbons (Fsp3) is 0.333. The molecule has 1 aromatic rings. The molecule has 19 heavy (non-hydrogen) atoms. The highest BCUT2D eigenvalue weighted by molar-refractivity contribution is 5.97. The highest BCUT2D eigenvalue weighted by Gasteiger charge is 2.42. The number of β-lactam (4-membered cyclic amide) rings is 1. The average Bonchev–Trinajstić information content (AvgIpc) is 2.44. The summed E-state index contributed by atoms with van der Waals surface area (Å²) < 4.78 is 5.27. The van der Waals surface area contributed by atoms with Gasteiger partial charge in [0.2, 0.25) is 5.91 Å². The molecular formula is C15H15NO3. The van der Waals surface area contributed by atoms with E-state index in [4.69, 9.17) is 4.74 Å². The first-order chi connectivity index (χ1) is 9.25. The van der Waals surface area contributed by atoms with Gasteiger partial charge < -0.3 is 9.64 Å². The second-order valence-corrected chi connectivity index (χ2v) is 4.85. The number of carbonyl (C=O) groups is 2.